The van der Waals surface area contributed by atoms with E-state index in [0.29, 0.717) is 11.6 Å². The number of ether oxygens (including phenoxy) is 1. The second-order valence-electron chi connectivity index (χ2n) is 8.58. The third-order valence-corrected chi connectivity index (χ3v) is 4.95. The van der Waals surface area contributed by atoms with Crippen LogP contribution in [0.1, 0.15) is 66.7 Å². The van der Waals surface area contributed by atoms with Gasteiger partial charge in [0, 0.05) is 31.2 Å². The van der Waals surface area contributed by atoms with Gasteiger partial charge in [-0.25, -0.2) is 0 Å². The summed E-state index contributed by atoms with van der Waals surface area (Å²) >= 11 is 0. The van der Waals surface area contributed by atoms with Gasteiger partial charge in [-0.1, -0.05) is 26.7 Å². The number of rotatable bonds is 5. The first-order valence-electron chi connectivity index (χ1n) is 8.93. The van der Waals surface area contributed by atoms with Crippen LogP contribution in [0.3, 0.4) is 0 Å². The molecule has 2 fully saturated rings. The van der Waals surface area contributed by atoms with Crippen LogP contribution in [-0.4, -0.2) is 48.3 Å². The minimum absolute atomic E-state index is 0.0212. The van der Waals surface area contributed by atoms with Crippen LogP contribution in [0.25, 0.3) is 0 Å². The summed E-state index contributed by atoms with van der Waals surface area (Å²) in [6.45, 7) is 15.4. The van der Waals surface area contributed by atoms with Crippen LogP contribution < -0.4 is 5.32 Å². The van der Waals surface area contributed by atoms with Crippen LogP contribution in [0, 0.1) is 5.92 Å². The van der Waals surface area contributed by atoms with Crippen molar-refractivity contribution in [2.45, 2.75) is 83.9 Å². The first kappa shape index (κ1) is 17.2. The highest BCUT2D eigenvalue weighted by molar-refractivity contribution is 5.01. The zero-order valence-corrected chi connectivity index (χ0v) is 14.9. The summed E-state index contributed by atoms with van der Waals surface area (Å²) in [4.78, 5) is 2.72. The summed E-state index contributed by atoms with van der Waals surface area (Å²) in [5.74, 6) is 0.764. The summed E-state index contributed by atoms with van der Waals surface area (Å²) in [7, 11) is 0. The van der Waals surface area contributed by atoms with E-state index in [1.807, 2.05) is 0 Å². The van der Waals surface area contributed by atoms with E-state index in [1.54, 1.807) is 0 Å². The highest BCUT2D eigenvalue weighted by Gasteiger charge is 2.40. The predicted octanol–water partition coefficient (Wildman–Crippen LogP) is 3.43. The van der Waals surface area contributed by atoms with Crippen molar-refractivity contribution >= 4 is 0 Å². The average molecular weight is 296 g/mol. The Morgan fingerprint density at radius 2 is 1.90 bits per heavy atom. The van der Waals surface area contributed by atoms with Crippen molar-refractivity contribution in [1.82, 2.24) is 10.2 Å². The van der Waals surface area contributed by atoms with E-state index in [2.05, 4.69) is 44.8 Å². The molecule has 1 spiro atoms. The largest absolute Gasteiger partial charge is 0.375 e. The Kier molecular flexibility index (Phi) is 5.72. The van der Waals surface area contributed by atoms with E-state index in [4.69, 9.17) is 4.74 Å². The molecule has 0 aromatic rings. The van der Waals surface area contributed by atoms with Gasteiger partial charge in [0.25, 0.3) is 0 Å². The Morgan fingerprint density at radius 1 is 1.24 bits per heavy atom. The van der Waals surface area contributed by atoms with Crippen LogP contribution in [0.2, 0.25) is 0 Å². The van der Waals surface area contributed by atoms with Crippen LogP contribution in [-0.2, 0) is 4.74 Å². The van der Waals surface area contributed by atoms with Gasteiger partial charge >= 0.3 is 0 Å². The molecule has 0 bridgehead atoms. The maximum atomic E-state index is 5.97. The lowest BCUT2D eigenvalue weighted by atomic mass is 9.90. The molecule has 1 unspecified atom stereocenters. The average Bonchev–Trinajstić information content (AvgIpc) is 2.79. The van der Waals surface area contributed by atoms with E-state index in [0.717, 1.165) is 25.6 Å². The van der Waals surface area contributed by atoms with E-state index in [1.165, 1.54) is 38.6 Å². The van der Waals surface area contributed by atoms with Crippen molar-refractivity contribution in [3.05, 3.63) is 0 Å². The van der Waals surface area contributed by atoms with Gasteiger partial charge in [-0.2, -0.15) is 0 Å². The molecule has 0 amide bonds. The lowest BCUT2D eigenvalue weighted by Gasteiger charge is -2.47. The van der Waals surface area contributed by atoms with Crippen LogP contribution >= 0.6 is 0 Å². The van der Waals surface area contributed by atoms with Crippen molar-refractivity contribution in [1.29, 1.82) is 0 Å². The maximum absolute atomic E-state index is 5.97. The van der Waals surface area contributed by atoms with Crippen molar-refractivity contribution in [3.8, 4) is 0 Å². The molecule has 0 radical (unpaired) electrons. The molecule has 1 N–H and O–H groups in total. The zero-order chi connectivity index (χ0) is 15.5. The Hall–Kier alpha value is -0.120. The number of piperazine rings is 1. The second-order valence-corrected chi connectivity index (χ2v) is 8.58. The molecule has 124 valence electrons. The van der Waals surface area contributed by atoms with Gasteiger partial charge in [0.15, 0.2) is 0 Å². The third-order valence-electron chi connectivity index (χ3n) is 4.95. The van der Waals surface area contributed by atoms with Crippen molar-refractivity contribution < 1.29 is 4.74 Å². The molecule has 2 rings (SSSR count). The van der Waals surface area contributed by atoms with E-state index in [9.17, 15) is 0 Å². The fraction of sp³-hybridized carbons (Fsp3) is 1.00. The number of nitrogens with one attached hydrogen (secondary N) is 1. The fourth-order valence-electron chi connectivity index (χ4n) is 3.93. The zero-order valence-electron chi connectivity index (χ0n) is 14.9. The minimum atomic E-state index is -0.0212. The number of hydrogen-bond acceptors (Lipinski definition) is 3. The van der Waals surface area contributed by atoms with Gasteiger partial charge in [0.05, 0.1) is 12.2 Å². The molecule has 3 heteroatoms. The number of hydrogen-bond donors (Lipinski definition) is 1. The predicted molar refractivity (Wildman–Crippen MR) is 89.7 cm³/mol. The molecule has 1 aliphatic carbocycles. The first-order chi connectivity index (χ1) is 9.80. The Labute approximate surface area is 131 Å². The molecule has 1 saturated carbocycles. The van der Waals surface area contributed by atoms with E-state index < -0.39 is 0 Å². The highest BCUT2D eigenvalue weighted by atomic mass is 16.5. The fourth-order valence-corrected chi connectivity index (χ4v) is 3.93. The van der Waals surface area contributed by atoms with Crippen LogP contribution in [0.5, 0.6) is 0 Å². The summed E-state index contributed by atoms with van der Waals surface area (Å²) < 4.78 is 5.97. The van der Waals surface area contributed by atoms with Gasteiger partial charge in [-0.3, -0.25) is 4.90 Å². The number of nitrogens with zero attached hydrogens (tertiary/aromatic N) is 1. The summed E-state index contributed by atoms with van der Waals surface area (Å²) in [6.07, 6.45) is 6.80. The monoisotopic (exact) mass is 296 g/mol. The van der Waals surface area contributed by atoms with Crippen molar-refractivity contribution in [2.75, 3.05) is 26.2 Å². The summed E-state index contributed by atoms with van der Waals surface area (Å²) in [5.41, 5.74) is 0.391. The van der Waals surface area contributed by atoms with Gasteiger partial charge in [-0.15, -0.1) is 0 Å². The van der Waals surface area contributed by atoms with Crippen molar-refractivity contribution in [2.24, 2.45) is 5.92 Å². The molecule has 1 saturated heterocycles. The molecular weight excluding hydrogens is 260 g/mol. The van der Waals surface area contributed by atoms with Gasteiger partial charge in [0.2, 0.25) is 0 Å². The van der Waals surface area contributed by atoms with Gasteiger partial charge in [0.1, 0.15) is 0 Å². The van der Waals surface area contributed by atoms with Crippen LogP contribution in [0.15, 0.2) is 0 Å². The standard InChI is InChI=1S/C18H36N2O/c1-15(2)12-16-13-19-18(8-6-7-9-18)14-20(16)10-11-21-17(3,4)5/h15-16,19H,6-14H2,1-5H3. The third kappa shape index (κ3) is 5.22. The van der Waals surface area contributed by atoms with Gasteiger partial charge < -0.3 is 10.1 Å². The molecular formula is C18H36N2O. The topological polar surface area (TPSA) is 24.5 Å². The van der Waals surface area contributed by atoms with E-state index >= 15 is 0 Å². The molecule has 2 aliphatic rings. The van der Waals surface area contributed by atoms with E-state index in [-0.39, 0.29) is 5.60 Å². The lowest BCUT2D eigenvalue weighted by molar-refractivity contribution is -0.0292. The summed E-state index contributed by atoms with van der Waals surface area (Å²) in [5, 5.41) is 3.90. The Bertz CT molecular complexity index is 316. The Balaban J connectivity index is 1.92. The molecule has 0 aromatic heterocycles. The first-order valence-corrected chi connectivity index (χ1v) is 8.93. The molecule has 3 nitrogen and oxygen atoms in total. The smallest absolute Gasteiger partial charge is 0.0600 e. The highest BCUT2D eigenvalue weighted by Crippen LogP contribution is 2.34. The van der Waals surface area contributed by atoms with Crippen molar-refractivity contribution in [3.63, 3.8) is 0 Å². The van der Waals surface area contributed by atoms with Gasteiger partial charge in [-0.05, 0) is 46.0 Å². The molecule has 21 heavy (non-hydrogen) atoms. The van der Waals surface area contributed by atoms with Crippen LogP contribution in [0.4, 0.5) is 0 Å². The Morgan fingerprint density at radius 3 is 2.48 bits per heavy atom. The molecule has 1 aliphatic heterocycles. The normalized spacial score (nSPS) is 26.9. The molecule has 0 aromatic carbocycles. The molecule has 1 atom stereocenters. The lowest BCUT2D eigenvalue weighted by Crippen LogP contribution is -2.63. The maximum Gasteiger partial charge on any atom is 0.0600 e. The quantitative estimate of drug-likeness (QED) is 0.841. The SMILES string of the molecule is CC(C)CC1CNC2(CCCC2)CN1CCOC(C)(C)C. The minimum Gasteiger partial charge on any atom is -0.375 e. The second kappa shape index (κ2) is 6.97. The summed E-state index contributed by atoms with van der Waals surface area (Å²) in [6, 6.07) is 0.680. The molecule has 1 heterocycles.